The van der Waals surface area contributed by atoms with E-state index in [0.717, 1.165) is 34.3 Å². The summed E-state index contributed by atoms with van der Waals surface area (Å²) in [6.45, 7) is 13.5. The van der Waals surface area contributed by atoms with Crippen molar-refractivity contribution in [3.8, 4) is 0 Å². The molecule has 0 saturated carbocycles. The molecule has 3 amide bonds. The first-order valence-corrected chi connectivity index (χ1v) is 14.7. The molecule has 6 nitrogen and oxygen atoms in total. The molecule has 3 aromatic carbocycles. The highest BCUT2D eigenvalue weighted by molar-refractivity contribution is 5.94. The first kappa shape index (κ1) is 29.9. The number of H-pyrrole nitrogens is 1. The van der Waals surface area contributed by atoms with Crippen molar-refractivity contribution >= 4 is 28.5 Å². The third-order valence-corrected chi connectivity index (χ3v) is 7.69. The molecule has 0 aliphatic heterocycles. The van der Waals surface area contributed by atoms with Crippen molar-refractivity contribution < 1.29 is 9.59 Å². The van der Waals surface area contributed by atoms with Crippen molar-refractivity contribution in [2.45, 2.75) is 72.4 Å². The Morgan fingerprint density at radius 1 is 0.805 bits per heavy atom. The largest absolute Gasteiger partial charge is 0.361 e. The van der Waals surface area contributed by atoms with Gasteiger partial charge < -0.3 is 20.1 Å². The van der Waals surface area contributed by atoms with E-state index in [2.05, 4.69) is 68.3 Å². The lowest BCUT2D eigenvalue weighted by Gasteiger charge is -2.31. The van der Waals surface area contributed by atoms with Crippen LogP contribution in [-0.4, -0.2) is 45.9 Å². The van der Waals surface area contributed by atoms with Crippen molar-refractivity contribution in [1.82, 2.24) is 14.8 Å². The molecule has 1 heterocycles. The molecule has 0 atom stereocenters. The van der Waals surface area contributed by atoms with Crippen molar-refractivity contribution in [3.63, 3.8) is 0 Å². The molecule has 1 aromatic heterocycles. The molecule has 0 unspecified atom stereocenters. The van der Waals surface area contributed by atoms with Gasteiger partial charge in [-0.1, -0.05) is 94.4 Å². The summed E-state index contributed by atoms with van der Waals surface area (Å²) in [6, 6.07) is 24.1. The summed E-state index contributed by atoms with van der Waals surface area (Å²) in [5.41, 5.74) is 6.40. The van der Waals surface area contributed by atoms with Gasteiger partial charge in [0.2, 0.25) is 5.91 Å². The molecule has 0 fully saturated rings. The van der Waals surface area contributed by atoms with Crippen LogP contribution >= 0.6 is 0 Å². The number of carbonyl (C=O) groups excluding carboxylic acids is 2. The SMILES string of the molecule is CC(C)c1cccc(C(C)C)c1NC(=O)N(CC(=O)N(CCc1c[nH]c2ccccc12)Cc1ccccc1)C(C)C. The van der Waals surface area contributed by atoms with Crippen LogP contribution in [0.25, 0.3) is 10.9 Å². The molecule has 0 radical (unpaired) electrons. The molecule has 0 aliphatic carbocycles. The third kappa shape index (κ3) is 7.37. The van der Waals surface area contributed by atoms with Crippen molar-refractivity contribution in [1.29, 1.82) is 0 Å². The summed E-state index contributed by atoms with van der Waals surface area (Å²) in [5.74, 6) is 0.437. The summed E-state index contributed by atoms with van der Waals surface area (Å²) in [4.78, 5) is 34.5. The van der Waals surface area contributed by atoms with Crippen LogP contribution in [0.3, 0.4) is 0 Å². The molecule has 0 spiro atoms. The predicted molar refractivity (Wildman–Crippen MR) is 169 cm³/mol. The van der Waals surface area contributed by atoms with Gasteiger partial charge in [0.05, 0.1) is 0 Å². The van der Waals surface area contributed by atoms with Gasteiger partial charge in [0.25, 0.3) is 0 Å². The van der Waals surface area contributed by atoms with Gasteiger partial charge >= 0.3 is 6.03 Å². The quantitative estimate of drug-likeness (QED) is 0.198. The summed E-state index contributed by atoms with van der Waals surface area (Å²) < 4.78 is 0. The third-order valence-electron chi connectivity index (χ3n) is 7.69. The molecule has 4 aromatic rings. The topological polar surface area (TPSA) is 68.4 Å². The number of hydrogen-bond donors (Lipinski definition) is 2. The maximum Gasteiger partial charge on any atom is 0.322 e. The highest BCUT2D eigenvalue weighted by Crippen LogP contribution is 2.32. The number of urea groups is 1. The Bertz CT molecular complexity index is 1430. The van der Waals surface area contributed by atoms with Gasteiger partial charge in [-0.15, -0.1) is 0 Å². The summed E-state index contributed by atoms with van der Waals surface area (Å²) in [7, 11) is 0. The van der Waals surface area contributed by atoms with Crippen LogP contribution in [0.1, 0.15) is 75.6 Å². The molecule has 0 saturated heterocycles. The number of nitrogens with zero attached hydrogens (tertiary/aromatic N) is 2. The first-order valence-electron chi connectivity index (χ1n) is 14.7. The Hall–Kier alpha value is -4.06. The molecular weight excluding hydrogens is 508 g/mol. The lowest BCUT2D eigenvalue weighted by Crippen LogP contribution is -2.47. The number of hydrogen-bond acceptors (Lipinski definition) is 2. The summed E-state index contributed by atoms with van der Waals surface area (Å²) in [6.07, 6.45) is 2.75. The van der Waals surface area contributed by atoms with E-state index >= 15 is 0 Å². The average molecular weight is 553 g/mol. The molecule has 6 heteroatoms. The second kappa shape index (κ2) is 13.5. The molecule has 41 heavy (non-hydrogen) atoms. The number of aromatic nitrogens is 1. The first-order chi connectivity index (χ1) is 19.7. The standard InChI is InChI=1S/C35H44N4O2/c1-24(2)29-16-12-17-30(25(3)4)34(29)37-35(41)39(26(5)6)23-33(40)38(22-27-13-8-7-9-14-27)20-19-28-21-36-32-18-11-10-15-31(28)32/h7-18,21,24-26,36H,19-20,22-23H2,1-6H3,(H,37,41). The molecule has 0 aliphatic rings. The van der Waals surface area contributed by atoms with E-state index < -0.39 is 0 Å². The Balaban J connectivity index is 1.55. The minimum Gasteiger partial charge on any atom is -0.361 e. The Labute approximate surface area is 244 Å². The number of anilines is 1. The fourth-order valence-electron chi connectivity index (χ4n) is 5.30. The molecule has 0 bridgehead atoms. The molecule has 4 rings (SSSR count). The van der Waals surface area contributed by atoms with E-state index in [1.54, 1.807) is 4.90 Å². The highest BCUT2D eigenvalue weighted by atomic mass is 16.2. The van der Waals surface area contributed by atoms with E-state index in [4.69, 9.17) is 0 Å². The van der Waals surface area contributed by atoms with Crippen LogP contribution in [0.4, 0.5) is 10.5 Å². The zero-order valence-electron chi connectivity index (χ0n) is 25.3. The summed E-state index contributed by atoms with van der Waals surface area (Å²) in [5, 5.41) is 4.38. The molecular formula is C35H44N4O2. The normalized spacial score (nSPS) is 11.4. The van der Waals surface area contributed by atoms with E-state index in [1.165, 1.54) is 10.9 Å². The van der Waals surface area contributed by atoms with Gasteiger partial charge in [-0.3, -0.25) is 4.79 Å². The second-order valence-electron chi connectivity index (χ2n) is 11.7. The fourth-order valence-corrected chi connectivity index (χ4v) is 5.30. The lowest BCUT2D eigenvalue weighted by atomic mass is 9.93. The maximum absolute atomic E-state index is 13.9. The van der Waals surface area contributed by atoms with E-state index in [0.29, 0.717) is 13.1 Å². The lowest BCUT2D eigenvalue weighted by molar-refractivity contribution is -0.132. The Morgan fingerprint density at radius 3 is 2.07 bits per heavy atom. The minimum absolute atomic E-state index is 0.00504. The van der Waals surface area contributed by atoms with Crippen LogP contribution in [0.2, 0.25) is 0 Å². The van der Waals surface area contributed by atoms with Gasteiger partial charge in [-0.25, -0.2) is 4.79 Å². The monoisotopic (exact) mass is 552 g/mol. The fraction of sp³-hybridized carbons (Fsp3) is 0.371. The summed E-state index contributed by atoms with van der Waals surface area (Å²) >= 11 is 0. The van der Waals surface area contributed by atoms with Crippen molar-refractivity contribution in [3.05, 3.63) is 101 Å². The smallest absolute Gasteiger partial charge is 0.322 e. The Morgan fingerprint density at radius 2 is 1.44 bits per heavy atom. The van der Waals surface area contributed by atoms with E-state index in [-0.39, 0.29) is 36.4 Å². The second-order valence-corrected chi connectivity index (χ2v) is 11.7. The van der Waals surface area contributed by atoms with Crippen molar-refractivity contribution in [2.75, 3.05) is 18.4 Å². The van der Waals surface area contributed by atoms with Gasteiger partial charge in [-0.2, -0.15) is 0 Å². The van der Waals surface area contributed by atoms with Crippen LogP contribution in [-0.2, 0) is 17.8 Å². The molecule has 216 valence electrons. The van der Waals surface area contributed by atoms with Crippen LogP contribution in [0.5, 0.6) is 0 Å². The maximum atomic E-state index is 13.9. The van der Waals surface area contributed by atoms with Crippen LogP contribution in [0, 0.1) is 0 Å². The number of amides is 3. The molecule has 2 N–H and O–H groups in total. The average Bonchev–Trinajstić information content (AvgIpc) is 3.37. The van der Waals surface area contributed by atoms with Gasteiger partial charge in [0.1, 0.15) is 6.54 Å². The predicted octanol–water partition coefficient (Wildman–Crippen LogP) is 7.93. The zero-order chi connectivity index (χ0) is 29.5. The van der Waals surface area contributed by atoms with Crippen LogP contribution < -0.4 is 5.32 Å². The van der Waals surface area contributed by atoms with E-state index in [9.17, 15) is 9.59 Å². The zero-order valence-corrected chi connectivity index (χ0v) is 25.3. The number of rotatable bonds is 11. The Kier molecular flexibility index (Phi) is 9.87. The highest BCUT2D eigenvalue weighted by Gasteiger charge is 2.26. The van der Waals surface area contributed by atoms with Gasteiger partial charge in [0, 0.05) is 41.9 Å². The van der Waals surface area contributed by atoms with Crippen molar-refractivity contribution in [2.24, 2.45) is 0 Å². The number of benzene rings is 3. The van der Waals surface area contributed by atoms with Gasteiger partial charge in [-0.05, 0) is 60.4 Å². The number of carbonyl (C=O) groups is 2. The number of fused-ring (bicyclic) bond motifs is 1. The number of aromatic amines is 1. The number of nitrogens with one attached hydrogen (secondary N) is 2. The van der Waals surface area contributed by atoms with Gasteiger partial charge in [0.15, 0.2) is 0 Å². The van der Waals surface area contributed by atoms with E-state index in [1.807, 2.05) is 67.4 Å². The van der Waals surface area contributed by atoms with Crippen LogP contribution in [0.15, 0.2) is 79.0 Å². The number of para-hydroxylation sites is 2. The minimum atomic E-state index is -0.250.